The molecule has 2 aliphatic heterocycles. The highest BCUT2D eigenvalue weighted by Gasteiger charge is 2.36. The molecule has 38 heavy (non-hydrogen) atoms. The molecule has 1 aromatic carbocycles. The van der Waals surface area contributed by atoms with Gasteiger partial charge in [-0.15, -0.1) is 5.10 Å². The maximum absolute atomic E-state index is 14.5. The Hall–Kier alpha value is -4.26. The Morgan fingerprint density at radius 1 is 1.00 bits per heavy atom. The molecule has 10 nitrogen and oxygen atoms in total. The van der Waals surface area contributed by atoms with Gasteiger partial charge in [0, 0.05) is 25.1 Å². The number of nitrogens with one attached hydrogen (secondary N) is 1. The van der Waals surface area contributed by atoms with E-state index in [0.29, 0.717) is 43.6 Å². The molecule has 5 heterocycles. The van der Waals surface area contributed by atoms with Gasteiger partial charge in [-0.1, -0.05) is 0 Å². The second-order valence-electron chi connectivity index (χ2n) is 9.09. The van der Waals surface area contributed by atoms with Gasteiger partial charge in [0.25, 0.3) is 5.91 Å². The van der Waals surface area contributed by atoms with E-state index in [1.54, 1.807) is 17.0 Å². The largest absolute Gasteiger partial charge is 0.378 e. The molecule has 1 N–H and O–H groups in total. The Morgan fingerprint density at radius 2 is 1.84 bits per heavy atom. The number of ether oxygens (including phenoxy) is 1. The summed E-state index contributed by atoms with van der Waals surface area (Å²) in [7, 11) is 0. The third-order valence-corrected chi connectivity index (χ3v) is 6.66. The minimum absolute atomic E-state index is 0.00721. The van der Waals surface area contributed by atoms with Crippen LogP contribution in [0.15, 0.2) is 48.9 Å². The summed E-state index contributed by atoms with van der Waals surface area (Å²) in [5, 5.41) is 7.26. The molecule has 0 spiro atoms. The molecule has 196 valence electrons. The molecular formula is C25H23F3N8O2. The van der Waals surface area contributed by atoms with Crippen LogP contribution in [0.5, 0.6) is 0 Å². The number of anilines is 3. The van der Waals surface area contributed by atoms with Gasteiger partial charge in [-0.3, -0.25) is 4.79 Å². The Kier molecular flexibility index (Phi) is 6.27. The number of fused-ring (bicyclic) bond motifs is 1. The van der Waals surface area contributed by atoms with Crippen molar-refractivity contribution in [3.8, 4) is 0 Å². The van der Waals surface area contributed by atoms with Crippen molar-refractivity contribution in [3.05, 3.63) is 71.8 Å². The van der Waals surface area contributed by atoms with E-state index in [1.807, 2.05) is 4.90 Å². The van der Waals surface area contributed by atoms with Crippen molar-refractivity contribution in [1.82, 2.24) is 24.6 Å². The molecule has 0 bridgehead atoms. The van der Waals surface area contributed by atoms with E-state index in [1.165, 1.54) is 23.1 Å². The number of halogens is 3. The zero-order valence-electron chi connectivity index (χ0n) is 20.1. The van der Waals surface area contributed by atoms with E-state index in [-0.39, 0.29) is 30.0 Å². The minimum Gasteiger partial charge on any atom is -0.378 e. The lowest BCUT2D eigenvalue weighted by molar-refractivity contribution is 0.102. The van der Waals surface area contributed by atoms with Crippen LogP contribution in [0.3, 0.4) is 0 Å². The molecular weight excluding hydrogens is 501 g/mol. The SMILES string of the molecule is O=C(Nc1cnc2ccc(N3C[C@@H](F)C[C@@H]3c3cc(F)ccc3F)nn12)c1cnc(N2CCOCC2)cn1. The second-order valence-corrected chi connectivity index (χ2v) is 9.09. The number of rotatable bonds is 5. The molecule has 4 aromatic rings. The lowest BCUT2D eigenvalue weighted by Crippen LogP contribution is -2.36. The Bertz CT molecular complexity index is 1480. The average molecular weight is 525 g/mol. The minimum atomic E-state index is -1.25. The lowest BCUT2D eigenvalue weighted by atomic mass is 10.0. The van der Waals surface area contributed by atoms with Crippen LogP contribution in [-0.2, 0) is 4.74 Å². The predicted octanol–water partition coefficient (Wildman–Crippen LogP) is 3.18. The topological polar surface area (TPSA) is 101 Å². The molecule has 2 fully saturated rings. The van der Waals surface area contributed by atoms with Crippen molar-refractivity contribution >= 4 is 29.0 Å². The molecule has 13 heteroatoms. The molecule has 1 amide bonds. The fraction of sp³-hybridized carbons (Fsp3) is 0.320. The molecule has 2 aliphatic rings. The number of hydrogen-bond acceptors (Lipinski definition) is 8. The zero-order chi connectivity index (χ0) is 26.2. The van der Waals surface area contributed by atoms with E-state index in [2.05, 4.69) is 25.4 Å². The van der Waals surface area contributed by atoms with Crippen molar-refractivity contribution in [3.63, 3.8) is 0 Å². The Labute approximate surface area is 215 Å². The summed E-state index contributed by atoms with van der Waals surface area (Å²) in [5.41, 5.74) is 0.599. The number of amides is 1. The monoisotopic (exact) mass is 524 g/mol. The van der Waals surface area contributed by atoms with E-state index in [9.17, 15) is 18.0 Å². The highest BCUT2D eigenvalue weighted by atomic mass is 19.1. The summed E-state index contributed by atoms with van der Waals surface area (Å²) in [6.45, 7) is 2.56. The second kappa shape index (κ2) is 9.89. The summed E-state index contributed by atoms with van der Waals surface area (Å²) in [6.07, 6.45) is 3.11. The van der Waals surface area contributed by atoms with Crippen LogP contribution in [0.4, 0.5) is 30.6 Å². The number of alkyl halides is 1. The van der Waals surface area contributed by atoms with Gasteiger partial charge in [-0.25, -0.2) is 28.1 Å². The lowest BCUT2D eigenvalue weighted by Gasteiger charge is -2.27. The van der Waals surface area contributed by atoms with Gasteiger partial charge in [0.1, 0.15) is 35.1 Å². The fourth-order valence-electron chi connectivity index (χ4n) is 4.78. The van der Waals surface area contributed by atoms with Crippen molar-refractivity contribution in [2.45, 2.75) is 18.6 Å². The van der Waals surface area contributed by atoms with Crippen LogP contribution in [0.2, 0.25) is 0 Å². The number of aromatic nitrogens is 5. The van der Waals surface area contributed by atoms with Gasteiger partial charge in [-0.2, -0.15) is 4.52 Å². The Balaban J connectivity index is 1.24. The Morgan fingerprint density at radius 3 is 2.63 bits per heavy atom. The van der Waals surface area contributed by atoms with Gasteiger partial charge in [0.05, 0.1) is 44.4 Å². The predicted molar refractivity (Wildman–Crippen MR) is 132 cm³/mol. The third-order valence-electron chi connectivity index (χ3n) is 6.66. The van der Waals surface area contributed by atoms with Crippen LogP contribution >= 0.6 is 0 Å². The normalized spacial score (nSPS) is 19.8. The number of benzene rings is 1. The van der Waals surface area contributed by atoms with Crippen molar-refractivity contribution in [1.29, 1.82) is 0 Å². The van der Waals surface area contributed by atoms with Gasteiger partial charge in [-0.05, 0) is 30.3 Å². The van der Waals surface area contributed by atoms with E-state index < -0.39 is 29.8 Å². The smallest absolute Gasteiger partial charge is 0.277 e. The van der Waals surface area contributed by atoms with Gasteiger partial charge in [0.2, 0.25) is 0 Å². The first kappa shape index (κ1) is 24.1. The number of morpholine rings is 1. The zero-order valence-corrected chi connectivity index (χ0v) is 20.1. The summed E-state index contributed by atoms with van der Waals surface area (Å²) in [5.74, 6) is -0.484. The molecule has 2 atom stereocenters. The fourth-order valence-corrected chi connectivity index (χ4v) is 4.78. The quantitative estimate of drug-likeness (QED) is 0.425. The number of nitrogens with zero attached hydrogens (tertiary/aromatic N) is 7. The average Bonchev–Trinajstić information content (AvgIpc) is 3.53. The number of hydrogen-bond donors (Lipinski definition) is 1. The number of imidazole rings is 1. The van der Waals surface area contributed by atoms with E-state index in [0.717, 1.165) is 18.2 Å². The van der Waals surface area contributed by atoms with Crippen molar-refractivity contribution in [2.75, 3.05) is 48.0 Å². The first-order valence-electron chi connectivity index (χ1n) is 12.1. The van der Waals surface area contributed by atoms with Crippen molar-refractivity contribution < 1.29 is 22.7 Å². The highest BCUT2D eigenvalue weighted by Crippen LogP contribution is 2.38. The molecule has 0 radical (unpaired) electrons. The maximum Gasteiger partial charge on any atom is 0.277 e. The molecule has 6 rings (SSSR count). The van der Waals surface area contributed by atoms with Crippen LogP contribution < -0.4 is 15.1 Å². The number of carbonyl (C=O) groups excluding carboxylic acids is 1. The summed E-state index contributed by atoms with van der Waals surface area (Å²) in [4.78, 5) is 29.3. The maximum atomic E-state index is 14.5. The van der Waals surface area contributed by atoms with Crippen LogP contribution in [-0.4, -0.2) is 69.5 Å². The van der Waals surface area contributed by atoms with Gasteiger partial charge in [0.15, 0.2) is 11.5 Å². The van der Waals surface area contributed by atoms with Gasteiger partial charge < -0.3 is 19.9 Å². The van der Waals surface area contributed by atoms with E-state index >= 15 is 0 Å². The van der Waals surface area contributed by atoms with Crippen LogP contribution in [0, 0.1) is 11.6 Å². The standard InChI is InChI=1S/C25H23F3N8O2/c26-15-1-2-18(28)17(9-15)20-10-16(27)14-35(20)22-4-3-21-31-13-24(36(21)33-22)32-25(37)19-11-30-23(12-29-19)34-5-7-38-8-6-34/h1-4,9,11-13,16,20H,5-8,10,14H2,(H,32,37)/t16-,20+/m0/s1. The summed E-state index contributed by atoms with van der Waals surface area (Å²) in [6, 6.07) is 5.68. The van der Waals surface area contributed by atoms with E-state index in [4.69, 9.17) is 4.74 Å². The molecule has 0 aliphatic carbocycles. The van der Waals surface area contributed by atoms with Crippen LogP contribution in [0.25, 0.3) is 5.65 Å². The summed E-state index contributed by atoms with van der Waals surface area (Å²) < 4.78 is 49.6. The molecule has 0 saturated carbocycles. The first-order valence-corrected chi connectivity index (χ1v) is 12.1. The molecule has 2 saturated heterocycles. The number of carbonyl (C=O) groups is 1. The summed E-state index contributed by atoms with van der Waals surface area (Å²) >= 11 is 0. The molecule has 0 unspecified atom stereocenters. The molecule has 3 aromatic heterocycles. The third kappa shape index (κ3) is 4.60. The first-order chi connectivity index (χ1) is 18.5. The van der Waals surface area contributed by atoms with Crippen molar-refractivity contribution in [2.24, 2.45) is 0 Å². The van der Waals surface area contributed by atoms with Crippen LogP contribution in [0.1, 0.15) is 28.5 Å². The highest BCUT2D eigenvalue weighted by molar-refractivity contribution is 6.02. The van der Waals surface area contributed by atoms with Gasteiger partial charge >= 0.3 is 0 Å².